The Hall–Kier alpha value is -5.41. The lowest BCUT2D eigenvalue weighted by Crippen LogP contribution is -2.14. The van der Waals surface area contributed by atoms with Gasteiger partial charge in [0.05, 0.1) is 28.1 Å². The summed E-state index contributed by atoms with van der Waals surface area (Å²) in [5, 5.41) is 0. The van der Waals surface area contributed by atoms with E-state index in [4.69, 9.17) is 9.97 Å². The van der Waals surface area contributed by atoms with Crippen LogP contribution >= 0.6 is 0 Å². The number of benzene rings is 5. The first-order valence-corrected chi connectivity index (χ1v) is 15.0. The van der Waals surface area contributed by atoms with E-state index in [2.05, 4.69) is 141 Å². The van der Waals surface area contributed by atoms with E-state index < -0.39 is 0 Å². The van der Waals surface area contributed by atoms with Crippen molar-refractivity contribution in [1.29, 1.82) is 0 Å². The molecule has 0 aliphatic carbocycles. The SMILES string of the molecule is CC(C)(C)c1cc(-c2ccccc2)c2nc(-c3ccc(-c4ccccn4)cc3)c(-c3ccccc3)nc2c1-c1ccccc1. The van der Waals surface area contributed by atoms with Crippen molar-refractivity contribution in [2.75, 3.05) is 0 Å². The molecule has 5 aromatic carbocycles. The molecular weight excluding hydrogens is 534 g/mol. The molecule has 2 heterocycles. The Kier molecular flexibility index (Phi) is 7.07. The van der Waals surface area contributed by atoms with Crippen LogP contribution in [0.25, 0.3) is 67.1 Å². The number of aromatic nitrogens is 3. The van der Waals surface area contributed by atoms with Crippen LogP contribution in [0, 0.1) is 0 Å². The molecule has 0 aliphatic heterocycles. The molecule has 44 heavy (non-hydrogen) atoms. The zero-order valence-electron chi connectivity index (χ0n) is 25.2. The third-order valence-electron chi connectivity index (χ3n) is 8.07. The van der Waals surface area contributed by atoms with E-state index in [9.17, 15) is 0 Å². The van der Waals surface area contributed by atoms with E-state index in [0.29, 0.717) is 0 Å². The number of rotatable bonds is 5. The van der Waals surface area contributed by atoms with Gasteiger partial charge in [0.2, 0.25) is 0 Å². The minimum Gasteiger partial charge on any atom is -0.256 e. The fourth-order valence-corrected chi connectivity index (χ4v) is 5.87. The number of fused-ring (bicyclic) bond motifs is 1. The lowest BCUT2D eigenvalue weighted by molar-refractivity contribution is 0.593. The van der Waals surface area contributed by atoms with Crippen molar-refractivity contribution < 1.29 is 0 Å². The van der Waals surface area contributed by atoms with Crippen LogP contribution in [0.2, 0.25) is 0 Å². The Bertz CT molecular complexity index is 2050. The maximum absolute atomic E-state index is 5.56. The van der Waals surface area contributed by atoms with Gasteiger partial charge in [0.1, 0.15) is 0 Å². The predicted molar refractivity (Wildman–Crippen MR) is 183 cm³/mol. The molecule has 0 saturated heterocycles. The van der Waals surface area contributed by atoms with Crippen molar-refractivity contribution in [2.24, 2.45) is 0 Å². The third-order valence-corrected chi connectivity index (χ3v) is 8.07. The van der Waals surface area contributed by atoms with Crippen LogP contribution in [0.3, 0.4) is 0 Å². The van der Waals surface area contributed by atoms with Gasteiger partial charge in [0.25, 0.3) is 0 Å². The first-order chi connectivity index (χ1) is 21.5. The first kappa shape index (κ1) is 27.4. The zero-order chi connectivity index (χ0) is 30.1. The number of nitrogens with zero attached hydrogens (tertiary/aromatic N) is 3. The topological polar surface area (TPSA) is 38.7 Å². The van der Waals surface area contributed by atoms with Crippen molar-refractivity contribution >= 4 is 11.0 Å². The van der Waals surface area contributed by atoms with E-state index in [1.165, 1.54) is 5.56 Å². The molecule has 3 nitrogen and oxygen atoms in total. The van der Waals surface area contributed by atoms with Crippen molar-refractivity contribution in [3.05, 3.63) is 151 Å². The molecule has 0 atom stereocenters. The molecule has 0 saturated carbocycles. The van der Waals surface area contributed by atoms with E-state index >= 15 is 0 Å². The van der Waals surface area contributed by atoms with Crippen LogP contribution in [-0.4, -0.2) is 15.0 Å². The smallest absolute Gasteiger partial charge is 0.0982 e. The monoisotopic (exact) mass is 567 g/mol. The highest BCUT2D eigenvalue weighted by Crippen LogP contribution is 2.44. The lowest BCUT2D eigenvalue weighted by atomic mass is 9.79. The molecule has 7 aromatic rings. The molecule has 0 N–H and O–H groups in total. The summed E-state index contributed by atoms with van der Waals surface area (Å²) in [6.45, 7) is 6.83. The van der Waals surface area contributed by atoms with Crippen LogP contribution in [0.15, 0.2) is 146 Å². The summed E-state index contributed by atoms with van der Waals surface area (Å²) in [6.07, 6.45) is 1.83. The van der Waals surface area contributed by atoms with Crippen molar-refractivity contribution in [3.8, 4) is 56.0 Å². The summed E-state index contributed by atoms with van der Waals surface area (Å²) in [4.78, 5) is 15.6. The molecule has 0 radical (unpaired) electrons. The summed E-state index contributed by atoms with van der Waals surface area (Å²) in [7, 11) is 0. The molecule has 0 amide bonds. The standard InChI is InChI=1S/C41H33N3/c1-41(2,3)34-27-33(28-15-7-4-8-16-28)39-40(36(34)30-17-9-5-10-18-30)44-37(31-19-11-6-12-20-31)38(43-39)32-24-22-29(23-25-32)35-21-13-14-26-42-35/h4-27H,1-3H3. The van der Waals surface area contributed by atoms with Crippen LogP contribution in [0.4, 0.5) is 0 Å². The van der Waals surface area contributed by atoms with Gasteiger partial charge >= 0.3 is 0 Å². The van der Waals surface area contributed by atoms with Gasteiger partial charge in [-0.2, -0.15) is 0 Å². The predicted octanol–water partition coefficient (Wildman–Crippen LogP) is 10.7. The summed E-state index contributed by atoms with van der Waals surface area (Å²) in [5.74, 6) is 0. The number of pyridine rings is 1. The molecule has 0 spiro atoms. The summed E-state index contributed by atoms with van der Waals surface area (Å²) < 4.78 is 0. The third kappa shape index (κ3) is 5.18. The van der Waals surface area contributed by atoms with Crippen LogP contribution < -0.4 is 0 Å². The fourth-order valence-electron chi connectivity index (χ4n) is 5.87. The average Bonchev–Trinajstić information content (AvgIpc) is 3.08. The van der Waals surface area contributed by atoms with Gasteiger partial charge in [0.15, 0.2) is 0 Å². The van der Waals surface area contributed by atoms with Gasteiger partial charge in [-0.1, -0.05) is 142 Å². The van der Waals surface area contributed by atoms with Gasteiger partial charge in [0, 0.05) is 34.0 Å². The molecular formula is C41H33N3. The molecule has 0 bridgehead atoms. The number of hydrogen-bond acceptors (Lipinski definition) is 3. The Morgan fingerprint density at radius 2 is 0.955 bits per heavy atom. The normalized spacial score (nSPS) is 11.5. The zero-order valence-corrected chi connectivity index (χ0v) is 25.2. The first-order valence-electron chi connectivity index (χ1n) is 15.0. The highest BCUT2D eigenvalue weighted by molar-refractivity contribution is 6.04. The molecule has 0 unspecified atom stereocenters. The molecule has 3 heteroatoms. The van der Waals surface area contributed by atoms with Crippen molar-refractivity contribution in [3.63, 3.8) is 0 Å². The van der Waals surface area contributed by atoms with Gasteiger partial charge in [-0.05, 0) is 40.3 Å². The van der Waals surface area contributed by atoms with Gasteiger partial charge in [-0.25, -0.2) is 9.97 Å². The van der Waals surface area contributed by atoms with Gasteiger partial charge < -0.3 is 0 Å². The van der Waals surface area contributed by atoms with Crippen LogP contribution in [0.5, 0.6) is 0 Å². The quantitative estimate of drug-likeness (QED) is 0.208. The fraction of sp³-hybridized carbons (Fsp3) is 0.0976. The Morgan fingerprint density at radius 3 is 1.52 bits per heavy atom. The van der Waals surface area contributed by atoms with E-state index in [1.54, 1.807) is 0 Å². The van der Waals surface area contributed by atoms with Gasteiger partial charge in [-0.3, -0.25) is 4.98 Å². The van der Waals surface area contributed by atoms with Crippen LogP contribution in [-0.2, 0) is 5.41 Å². The van der Waals surface area contributed by atoms with Gasteiger partial charge in [-0.15, -0.1) is 0 Å². The number of hydrogen-bond donors (Lipinski definition) is 0. The Morgan fingerprint density at radius 1 is 0.455 bits per heavy atom. The minimum atomic E-state index is -0.128. The molecule has 2 aromatic heterocycles. The lowest BCUT2D eigenvalue weighted by Gasteiger charge is -2.26. The van der Waals surface area contributed by atoms with Crippen LogP contribution in [0.1, 0.15) is 26.3 Å². The molecule has 212 valence electrons. The van der Waals surface area contributed by atoms with E-state index in [0.717, 1.165) is 67.1 Å². The average molecular weight is 568 g/mol. The summed E-state index contributed by atoms with van der Waals surface area (Å²) in [5.41, 5.74) is 13.2. The summed E-state index contributed by atoms with van der Waals surface area (Å²) in [6, 6.07) is 48.4. The van der Waals surface area contributed by atoms with Crippen molar-refractivity contribution in [1.82, 2.24) is 15.0 Å². The Balaban J connectivity index is 1.58. The molecule has 0 aliphatic rings. The second-order valence-electron chi connectivity index (χ2n) is 12.1. The van der Waals surface area contributed by atoms with E-state index in [-0.39, 0.29) is 5.41 Å². The Labute approximate surface area is 259 Å². The second kappa shape index (κ2) is 11.3. The highest BCUT2D eigenvalue weighted by Gasteiger charge is 2.26. The second-order valence-corrected chi connectivity index (χ2v) is 12.1. The maximum Gasteiger partial charge on any atom is 0.0982 e. The maximum atomic E-state index is 5.56. The molecule has 7 rings (SSSR count). The largest absolute Gasteiger partial charge is 0.256 e. The molecule has 0 fully saturated rings. The van der Waals surface area contributed by atoms with Crippen molar-refractivity contribution in [2.45, 2.75) is 26.2 Å². The highest BCUT2D eigenvalue weighted by atomic mass is 14.8. The van der Waals surface area contributed by atoms with E-state index in [1.807, 2.05) is 30.5 Å². The minimum absolute atomic E-state index is 0.128. The summed E-state index contributed by atoms with van der Waals surface area (Å²) >= 11 is 0.